The number of alkyl halides is 3. The third-order valence-corrected chi connectivity index (χ3v) is 6.12. The minimum absolute atomic E-state index is 0.213. The van der Waals surface area contributed by atoms with Crippen molar-refractivity contribution in [1.29, 1.82) is 0 Å². The Labute approximate surface area is 173 Å². The smallest absolute Gasteiger partial charge is 0.434 e. The summed E-state index contributed by atoms with van der Waals surface area (Å²) in [4.78, 5) is 24.4. The van der Waals surface area contributed by atoms with Gasteiger partial charge in [-0.15, -0.1) is 11.3 Å². The van der Waals surface area contributed by atoms with Gasteiger partial charge in [0.2, 0.25) is 0 Å². The average Bonchev–Trinajstić information content (AvgIpc) is 3.10. The van der Waals surface area contributed by atoms with Gasteiger partial charge in [0.1, 0.15) is 4.88 Å². The number of nitrogens with one attached hydrogen (secondary N) is 1. The highest BCUT2D eigenvalue weighted by Gasteiger charge is 2.39. The molecule has 2 aromatic heterocycles. The zero-order valence-electron chi connectivity index (χ0n) is 14.1. The molecule has 0 fully saturated rings. The second-order valence-electron chi connectivity index (χ2n) is 5.53. The Morgan fingerprint density at radius 1 is 1.36 bits per heavy atom. The predicted octanol–water partition coefficient (Wildman–Crippen LogP) is 5.11. The van der Waals surface area contributed by atoms with E-state index in [1.807, 2.05) is 0 Å². The van der Waals surface area contributed by atoms with Crippen LogP contribution >= 0.6 is 38.9 Å². The van der Waals surface area contributed by atoms with E-state index in [-0.39, 0.29) is 9.90 Å². The molecule has 0 saturated carbocycles. The number of thiophene rings is 1. The second-order valence-corrected chi connectivity index (χ2v) is 7.76. The molecular weight excluding hydrogens is 487 g/mol. The number of anilines is 1. The van der Waals surface area contributed by atoms with Gasteiger partial charge in [-0.25, -0.2) is 4.79 Å². The van der Waals surface area contributed by atoms with E-state index >= 15 is 0 Å². The van der Waals surface area contributed by atoms with Gasteiger partial charge >= 0.3 is 12.1 Å². The maximum Gasteiger partial charge on any atom is 0.434 e. The lowest BCUT2D eigenvalue weighted by molar-refractivity contribution is -0.144. The number of halogens is 5. The topological polar surface area (TPSA) is 73.2 Å². The van der Waals surface area contributed by atoms with Crippen LogP contribution in [0.25, 0.3) is 10.1 Å². The molecule has 1 N–H and O–H groups in total. The number of nitrogens with zero attached hydrogens (tertiary/aromatic N) is 2. The van der Waals surface area contributed by atoms with Gasteiger partial charge in [0.15, 0.2) is 11.4 Å². The largest absolute Gasteiger partial charge is 0.465 e. The van der Waals surface area contributed by atoms with Crippen LogP contribution in [-0.2, 0) is 18.0 Å². The Morgan fingerprint density at radius 3 is 2.61 bits per heavy atom. The van der Waals surface area contributed by atoms with Gasteiger partial charge in [0, 0.05) is 22.8 Å². The van der Waals surface area contributed by atoms with Crippen LogP contribution < -0.4 is 5.32 Å². The van der Waals surface area contributed by atoms with E-state index in [0.29, 0.717) is 20.5 Å². The Hall–Kier alpha value is -2.11. The van der Waals surface area contributed by atoms with Crippen LogP contribution in [0.15, 0.2) is 22.7 Å². The summed E-state index contributed by atoms with van der Waals surface area (Å²) < 4.78 is 44.5. The van der Waals surface area contributed by atoms with Crippen molar-refractivity contribution in [3.8, 4) is 0 Å². The van der Waals surface area contributed by atoms with Gasteiger partial charge in [-0.3, -0.25) is 9.48 Å². The normalized spacial score (nSPS) is 11.7. The summed E-state index contributed by atoms with van der Waals surface area (Å²) in [7, 11) is 2.33. The van der Waals surface area contributed by atoms with Crippen molar-refractivity contribution in [2.75, 3.05) is 12.4 Å². The number of ether oxygens (including phenoxy) is 1. The lowest BCUT2D eigenvalue weighted by Crippen LogP contribution is -2.13. The second kappa shape index (κ2) is 7.37. The number of hydrogen-bond acceptors (Lipinski definition) is 5. The molecule has 3 rings (SSSR count). The highest BCUT2D eigenvalue weighted by Crippen LogP contribution is 2.38. The summed E-state index contributed by atoms with van der Waals surface area (Å²) in [6.07, 6.45) is -4.67. The molecule has 0 aliphatic rings. The number of carbonyl (C=O) groups is 2. The molecule has 0 spiro atoms. The summed E-state index contributed by atoms with van der Waals surface area (Å²) in [5.74, 6) is -1.41. The summed E-state index contributed by atoms with van der Waals surface area (Å²) in [6, 6.07) is 4.66. The first-order chi connectivity index (χ1) is 13.0. The standard InChI is InChI=1S/C16H10BrClF3N3O3S/c1-24-13(16(19,20)21)9(17)11(23-24)14(25)22-6-3-4-7-8(5-6)28-12(10(7)18)15(26)27-2/h3-5H,1-2H3,(H,22,25). The van der Waals surface area contributed by atoms with E-state index in [1.54, 1.807) is 12.1 Å². The molecule has 1 amide bonds. The highest BCUT2D eigenvalue weighted by atomic mass is 79.9. The fraction of sp³-hybridized carbons (Fsp3) is 0.188. The van der Waals surface area contributed by atoms with Crippen molar-refractivity contribution < 1.29 is 27.5 Å². The molecule has 0 bridgehead atoms. The molecule has 1 aromatic carbocycles. The van der Waals surface area contributed by atoms with Crippen LogP contribution in [0.1, 0.15) is 25.9 Å². The molecule has 0 atom stereocenters. The Morgan fingerprint density at radius 2 is 2.04 bits per heavy atom. The fourth-order valence-electron chi connectivity index (χ4n) is 2.51. The molecular formula is C16H10BrClF3N3O3S. The zero-order chi connectivity index (χ0) is 20.8. The van der Waals surface area contributed by atoms with Gasteiger partial charge in [0.25, 0.3) is 5.91 Å². The molecule has 148 valence electrons. The molecule has 0 radical (unpaired) electrons. The van der Waals surface area contributed by atoms with Crippen LogP contribution in [0.3, 0.4) is 0 Å². The molecule has 2 heterocycles. The van der Waals surface area contributed by atoms with Crippen molar-refractivity contribution in [3.05, 3.63) is 44.0 Å². The van der Waals surface area contributed by atoms with E-state index in [0.717, 1.165) is 18.4 Å². The molecule has 0 unspecified atom stereocenters. The van der Waals surface area contributed by atoms with Crippen molar-refractivity contribution in [2.24, 2.45) is 7.05 Å². The number of rotatable bonds is 3. The number of hydrogen-bond donors (Lipinski definition) is 1. The van der Waals surface area contributed by atoms with Crippen molar-refractivity contribution in [1.82, 2.24) is 9.78 Å². The first-order valence-electron chi connectivity index (χ1n) is 7.46. The van der Waals surface area contributed by atoms with E-state index < -0.39 is 33.9 Å². The first-order valence-corrected chi connectivity index (χ1v) is 9.44. The summed E-state index contributed by atoms with van der Waals surface area (Å²) in [5, 5.41) is 6.95. The van der Waals surface area contributed by atoms with E-state index in [4.69, 9.17) is 11.6 Å². The number of amides is 1. The molecule has 28 heavy (non-hydrogen) atoms. The number of benzene rings is 1. The number of methoxy groups -OCH3 is 1. The molecule has 0 saturated heterocycles. The van der Waals surface area contributed by atoms with Gasteiger partial charge < -0.3 is 10.1 Å². The number of esters is 1. The zero-order valence-corrected chi connectivity index (χ0v) is 17.3. The van der Waals surface area contributed by atoms with Gasteiger partial charge in [-0.05, 0) is 34.1 Å². The van der Waals surface area contributed by atoms with Crippen LogP contribution in [0.4, 0.5) is 18.9 Å². The molecule has 3 aromatic rings. The number of carbonyl (C=O) groups excluding carboxylic acids is 2. The average molecular weight is 497 g/mol. The van der Waals surface area contributed by atoms with Gasteiger partial charge in [-0.2, -0.15) is 18.3 Å². The molecule has 0 aliphatic heterocycles. The van der Waals surface area contributed by atoms with E-state index in [2.05, 4.69) is 31.1 Å². The Balaban J connectivity index is 1.93. The minimum atomic E-state index is -4.67. The van der Waals surface area contributed by atoms with Crippen LogP contribution in [0.2, 0.25) is 5.02 Å². The summed E-state index contributed by atoms with van der Waals surface area (Å²) in [5.41, 5.74) is -1.17. The maximum atomic E-state index is 13.1. The number of fused-ring (bicyclic) bond motifs is 1. The van der Waals surface area contributed by atoms with Crippen molar-refractivity contribution >= 4 is 66.5 Å². The maximum absolute atomic E-state index is 13.1. The van der Waals surface area contributed by atoms with E-state index in [9.17, 15) is 22.8 Å². The lowest BCUT2D eigenvalue weighted by Gasteiger charge is -2.06. The quantitative estimate of drug-likeness (QED) is 0.512. The first kappa shape index (κ1) is 20.6. The highest BCUT2D eigenvalue weighted by molar-refractivity contribution is 9.10. The third kappa shape index (κ3) is 3.61. The molecule has 0 aliphatic carbocycles. The van der Waals surface area contributed by atoms with Crippen molar-refractivity contribution in [2.45, 2.75) is 6.18 Å². The minimum Gasteiger partial charge on any atom is -0.465 e. The van der Waals surface area contributed by atoms with Gasteiger partial charge in [-0.1, -0.05) is 11.6 Å². The number of aryl methyl sites for hydroxylation is 1. The van der Waals surface area contributed by atoms with E-state index in [1.165, 1.54) is 13.2 Å². The van der Waals surface area contributed by atoms with Crippen LogP contribution in [0.5, 0.6) is 0 Å². The molecule has 12 heteroatoms. The third-order valence-electron chi connectivity index (χ3n) is 3.73. The van der Waals surface area contributed by atoms with Crippen LogP contribution in [0, 0.1) is 0 Å². The Kier molecular flexibility index (Phi) is 5.43. The molecule has 6 nitrogen and oxygen atoms in total. The SMILES string of the molecule is COC(=O)c1sc2cc(NC(=O)c3nn(C)c(C(F)(F)F)c3Br)ccc2c1Cl. The van der Waals surface area contributed by atoms with Crippen molar-refractivity contribution in [3.63, 3.8) is 0 Å². The summed E-state index contributed by atoms with van der Waals surface area (Å²) >= 11 is 10.0. The van der Waals surface area contributed by atoms with Gasteiger partial charge in [0.05, 0.1) is 16.6 Å². The monoisotopic (exact) mass is 495 g/mol. The van der Waals surface area contributed by atoms with Crippen LogP contribution in [-0.4, -0.2) is 28.8 Å². The Bertz CT molecular complexity index is 1110. The lowest BCUT2D eigenvalue weighted by atomic mass is 10.2. The number of aromatic nitrogens is 2. The summed E-state index contributed by atoms with van der Waals surface area (Å²) in [6.45, 7) is 0. The fourth-order valence-corrected chi connectivity index (χ4v) is 4.71. The predicted molar refractivity (Wildman–Crippen MR) is 102 cm³/mol.